The van der Waals surface area contributed by atoms with E-state index in [9.17, 15) is 14.7 Å². The minimum Gasteiger partial charge on any atom is -0.545 e. The molecule has 0 saturated carbocycles. The monoisotopic (exact) mass is 300 g/mol. The Hall–Kier alpha value is -2.80. The fourth-order valence-electron chi connectivity index (χ4n) is 1.56. The summed E-state index contributed by atoms with van der Waals surface area (Å²) in [6.07, 6.45) is 2.99. The zero-order chi connectivity index (χ0) is 15.2. The molecule has 1 heterocycles. The molecule has 2 rings (SSSR count). The van der Waals surface area contributed by atoms with Crippen molar-refractivity contribution >= 4 is 34.9 Å². The summed E-state index contributed by atoms with van der Waals surface area (Å²) in [5.41, 5.74) is 0.873. The van der Waals surface area contributed by atoms with Crippen molar-refractivity contribution in [3.05, 3.63) is 59.9 Å². The molecule has 0 spiro atoms. The number of hydrogen-bond donors (Lipinski definition) is 2. The molecule has 1 aromatic heterocycles. The second-order valence-electron chi connectivity index (χ2n) is 4.01. The van der Waals surface area contributed by atoms with Crippen molar-refractivity contribution in [2.75, 3.05) is 5.32 Å². The molecule has 0 unspecified atom stereocenters. The summed E-state index contributed by atoms with van der Waals surface area (Å²) in [5, 5.41) is 16.0. The van der Waals surface area contributed by atoms with Crippen molar-refractivity contribution in [3.8, 4) is 0 Å². The number of benzene rings is 1. The summed E-state index contributed by atoms with van der Waals surface area (Å²) < 4.78 is 0. The zero-order valence-corrected chi connectivity index (χ0v) is 11.5. The molecule has 0 aliphatic heterocycles. The van der Waals surface area contributed by atoms with Gasteiger partial charge in [-0.15, -0.1) is 0 Å². The average Bonchev–Trinajstić information content (AvgIpc) is 2.48. The molecule has 1 amide bonds. The van der Waals surface area contributed by atoms with Crippen LogP contribution in [0.1, 0.15) is 20.7 Å². The predicted octanol–water partition coefficient (Wildman–Crippen LogP) is 0.572. The molecule has 0 saturated heterocycles. The first-order chi connectivity index (χ1) is 10.1. The van der Waals surface area contributed by atoms with Crippen LogP contribution in [0, 0.1) is 0 Å². The Morgan fingerprint density at radius 1 is 1.10 bits per heavy atom. The van der Waals surface area contributed by atoms with E-state index in [1.54, 1.807) is 24.3 Å². The van der Waals surface area contributed by atoms with Gasteiger partial charge in [-0.2, -0.15) is 0 Å². The quantitative estimate of drug-likeness (QED) is 0.805. The van der Waals surface area contributed by atoms with Crippen LogP contribution in [0.3, 0.4) is 0 Å². The lowest BCUT2D eigenvalue weighted by molar-refractivity contribution is -0.255. The zero-order valence-electron chi connectivity index (χ0n) is 10.7. The van der Waals surface area contributed by atoms with Gasteiger partial charge in [-0.1, -0.05) is 12.1 Å². The molecule has 1 aromatic carbocycles. The molecule has 0 aliphatic carbocycles. The van der Waals surface area contributed by atoms with Crippen LogP contribution in [0.15, 0.2) is 48.8 Å². The Bertz CT molecular complexity index is 689. The van der Waals surface area contributed by atoms with Gasteiger partial charge in [0, 0.05) is 23.6 Å². The maximum atomic E-state index is 11.8. The number of anilines is 1. The molecule has 21 heavy (non-hydrogen) atoms. The number of nitrogens with one attached hydrogen (secondary N) is 2. The highest BCUT2D eigenvalue weighted by Crippen LogP contribution is 2.10. The lowest BCUT2D eigenvalue weighted by atomic mass is 10.2. The van der Waals surface area contributed by atoms with Crippen molar-refractivity contribution in [1.29, 1.82) is 0 Å². The molecule has 7 heteroatoms. The van der Waals surface area contributed by atoms with Crippen LogP contribution in [-0.2, 0) is 0 Å². The minimum atomic E-state index is -1.29. The molecule has 2 aromatic rings. The number of pyridine rings is 1. The Morgan fingerprint density at radius 3 is 2.48 bits per heavy atom. The number of thiocarbonyl (C=S) groups is 1. The Morgan fingerprint density at radius 2 is 1.81 bits per heavy atom. The SMILES string of the molecule is O=C([O-])c1cccc(NC(=S)NC(=O)c2ccncc2)c1. The van der Waals surface area contributed by atoms with Crippen LogP contribution < -0.4 is 15.7 Å². The summed E-state index contributed by atoms with van der Waals surface area (Å²) in [6.45, 7) is 0. The van der Waals surface area contributed by atoms with E-state index in [2.05, 4.69) is 15.6 Å². The highest BCUT2D eigenvalue weighted by molar-refractivity contribution is 7.80. The highest BCUT2D eigenvalue weighted by atomic mass is 32.1. The first-order valence-electron chi connectivity index (χ1n) is 5.90. The number of carbonyl (C=O) groups is 2. The molecule has 0 radical (unpaired) electrons. The van der Waals surface area contributed by atoms with E-state index < -0.39 is 5.97 Å². The first kappa shape index (κ1) is 14.6. The Kier molecular flexibility index (Phi) is 4.57. The third-order valence-corrected chi connectivity index (χ3v) is 2.73. The molecule has 0 bridgehead atoms. The number of carboxylic acids is 1. The minimum absolute atomic E-state index is 0.0169. The third kappa shape index (κ3) is 4.08. The van der Waals surface area contributed by atoms with Gasteiger partial charge in [0.2, 0.25) is 0 Å². The Labute approximate surface area is 125 Å². The van der Waals surface area contributed by atoms with Crippen LogP contribution >= 0.6 is 12.2 Å². The molecule has 6 nitrogen and oxygen atoms in total. The smallest absolute Gasteiger partial charge is 0.257 e. The largest absolute Gasteiger partial charge is 0.545 e. The molecule has 0 aliphatic rings. The van der Waals surface area contributed by atoms with E-state index >= 15 is 0 Å². The van der Waals surface area contributed by atoms with Crippen LogP contribution in [0.2, 0.25) is 0 Å². The summed E-state index contributed by atoms with van der Waals surface area (Å²) in [5.74, 6) is -1.67. The number of hydrogen-bond acceptors (Lipinski definition) is 5. The second-order valence-corrected chi connectivity index (χ2v) is 4.42. The highest BCUT2D eigenvalue weighted by Gasteiger charge is 2.07. The number of nitrogens with zero attached hydrogens (tertiary/aromatic N) is 1. The number of aromatic carboxylic acids is 1. The topological polar surface area (TPSA) is 94.1 Å². The van der Waals surface area contributed by atoms with Crippen molar-refractivity contribution in [3.63, 3.8) is 0 Å². The number of carboxylic acid groups (broad SMARTS) is 1. The number of amides is 1. The van der Waals surface area contributed by atoms with Gasteiger partial charge in [0.05, 0.1) is 5.97 Å². The summed E-state index contributed by atoms with van der Waals surface area (Å²) >= 11 is 5.00. The molecular formula is C14H10N3O3S-. The lowest BCUT2D eigenvalue weighted by Gasteiger charge is -2.11. The molecule has 106 valence electrons. The van der Waals surface area contributed by atoms with Crippen molar-refractivity contribution in [2.24, 2.45) is 0 Å². The fraction of sp³-hybridized carbons (Fsp3) is 0. The normalized spacial score (nSPS) is 9.71. The first-order valence-corrected chi connectivity index (χ1v) is 6.31. The second kappa shape index (κ2) is 6.58. The Balaban J connectivity index is 2.00. The van der Waals surface area contributed by atoms with Crippen LogP contribution in [-0.4, -0.2) is 22.0 Å². The van der Waals surface area contributed by atoms with Crippen LogP contribution in [0.5, 0.6) is 0 Å². The third-order valence-electron chi connectivity index (χ3n) is 2.53. The van der Waals surface area contributed by atoms with Gasteiger partial charge >= 0.3 is 0 Å². The summed E-state index contributed by atoms with van der Waals surface area (Å²) in [6, 6.07) is 9.03. The van der Waals surface area contributed by atoms with E-state index in [0.29, 0.717) is 11.3 Å². The van der Waals surface area contributed by atoms with Gasteiger partial charge < -0.3 is 15.2 Å². The summed E-state index contributed by atoms with van der Waals surface area (Å²) in [7, 11) is 0. The van der Waals surface area contributed by atoms with Gasteiger partial charge in [0.25, 0.3) is 5.91 Å². The number of rotatable bonds is 3. The molecule has 2 N–H and O–H groups in total. The number of aromatic nitrogens is 1. The van der Waals surface area contributed by atoms with Gasteiger partial charge in [0.15, 0.2) is 5.11 Å². The van der Waals surface area contributed by atoms with E-state index in [4.69, 9.17) is 12.2 Å². The van der Waals surface area contributed by atoms with E-state index in [1.807, 2.05) is 0 Å². The van der Waals surface area contributed by atoms with Gasteiger partial charge in [-0.3, -0.25) is 15.1 Å². The molecular weight excluding hydrogens is 290 g/mol. The average molecular weight is 300 g/mol. The van der Waals surface area contributed by atoms with Gasteiger partial charge in [-0.25, -0.2) is 0 Å². The number of carbonyl (C=O) groups excluding carboxylic acids is 2. The molecule has 0 atom stereocenters. The van der Waals surface area contributed by atoms with Crippen molar-refractivity contribution < 1.29 is 14.7 Å². The van der Waals surface area contributed by atoms with Crippen molar-refractivity contribution in [2.45, 2.75) is 0 Å². The fourth-order valence-corrected chi connectivity index (χ4v) is 1.78. The standard InChI is InChI=1S/C14H11N3O3S/c18-12(9-4-6-15-7-5-9)17-14(21)16-11-3-1-2-10(8-11)13(19)20/h1-8H,(H,19,20)(H2,16,17,18,21)/p-1. The van der Waals surface area contributed by atoms with Crippen LogP contribution in [0.4, 0.5) is 5.69 Å². The summed E-state index contributed by atoms with van der Waals surface area (Å²) in [4.78, 5) is 26.4. The molecule has 0 fully saturated rings. The van der Waals surface area contributed by atoms with Gasteiger partial charge in [-0.05, 0) is 42.0 Å². The maximum absolute atomic E-state index is 11.8. The van der Waals surface area contributed by atoms with E-state index in [1.165, 1.54) is 24.5 Å². The van der Waals surface area contributed by atoms with E-state index in [-0.39, 0.29) is 16.6 Å². The van der Waals surface area contributed by atoms with Crippen molar-refractivity contribution in [1.82, 2.24) is 10.3 Å². The van der Waals surface area contributed by atoms with Gasteiger partial charge in [0.1, 0.15) is 0 Å². The van der Waals surface area contributed by atoms with Crippen LogP contribution in [0.25, 0.3) is 0 Å². The lowest BCUT2D eigenvalue weighted by Crippen LogP contribution is -2.34. The maximum Gasteiger partial charge on any atom is 0.257 e. The predicted molar refractivity (Wildman–Crippen MR) is 78.7 cm³/mol. The van der Waals surface area contributed by atoms with E-state index in [0.717, 1.165) is 0 Å².